The van der Waals surface area contributed by atoms with Gasteiger partial charge < -0.3 is 18.9 Å². The summed E-state index contributed by atoms with van der Waals surface area (Å²) in [5.74, 6) is 0.579. The van der Waals surface area contributed by atoms with Gasteiger partial charge in [0.05, 0.1) is 19.4 Å². The highest BCUT2D eigenvalue weighted by atomic mass is 19.1. The van der Waals surface area contributed by atoms with Crippen LogP contribution in [0.25, 0.3) is 5.69 Å². The molecule has 25 heavy (non-hydrogen) atoms. The average Bonchev–Trinajstić information content (AvgIpc) is 3.31. The number of hydrogen-bond donors (Lipinski definition) is 0. The number of benzene rings is 2. The summed E-state index contributed by atoms with van der Waals surface area (Å²) in [4.78, 5) is 2.19. The molecule has 0 amide bonds. The molecule has 1 atom stereocenters. The van der Waals surface area contributed by atoms with E-state index in [4.69, 9.17) is 9.47 Å². The minimum atomic E-state index is -0.246. The molecule has 4 rings (SSSR count). The standard InChI is InChI=1S/C20H19FN2O2/c1-24-17-8-6-16(7-9-17)23-12-13-25-20(23)15-10-11-22(14-15)19-5-3-2-4-18(19)21/h2-11,14,20H,12-13H2,1H3/t20-/m1/s1. The van der Waals surface area contributed by atoms with E-state index in [0.717, 1.165) is 23.5 Å². The molecular formula is C20H19FN2O2. The molecule has 0 bridgehead atoms. The second-order valence-corrected chi connectivity index (χ2v) is 5.92. The molecule has 0 N–H and O–H groups in total. The number of methoxy groups -OCH3 is 1. The Morgan fingerprint density at radius 1 is 1.08 bits per heavy atom. The van der Waals surface area contributed by atoms with Crippen molar-refractivity contribution in [3.63, 3.8) is 0 Å². The van der Waals surface area contributed by atoms with Crippen molar-refractivity contribution in [1.29, 1.82) is 0 Å². The van der Waals surface area contributed by atoms with Crippen LogP contribution in [0.3, 0.4) is 0 Å². The molecule has 1 aliphatic rings. The van der Waals surface area contributed by atoms with Crippen molar-refractivity contribution in [3.8, 4) is 11.4 Å². The molecular weight excluding hydrogens is 319 g/mol. The fourth-order valence-corrected chi connectivity index (χ4v) is 3.15. The lowest BCUT2D eigenvalue weighted by Crippen LogP contribution is -2.22. The van der Waals surface area contributed by atoms with Crippen molar-refractivity contribution < 1.29 is 13.9 Å². The monoisotopic (exact) mass is 338 g/mol. The molecule has 0 spiro atoms. The molecule has 2 heterocycles. The number of halogens is 1. The highest BCUT2D eigenvalue weighted by Gasteiger charge is 2.28. The van der Waals surface area contributed by atoms with E-state index in [-0.39, 0.29) is 12.0 Å². The van der Waals surface area contributed by atoms with Crippen LogP contribution in [0.5, 0.6) is 5.75 Å². The molecule has 1 aliphatic heterocycles. The summed E-state index contributed by atoms with van der Waals surface area (Å²) in [6.07, 6.45) is 3.61. The summed E-state index contributed by atoms with van der Waals surface area (Å²) in [6, 6.07) is 16.6. The van der Waals surface area contributed by atoms with Crippen LogP contribution in [0.4, 0.5) is 10.1 Å². The maximum atomic E-state index is 14.0. The minimum absolute atomic E-state index is 0.179. The summed E-state index contributed by atoms with van der Waals surface area (Å²) in [5.41, 5.74) is 2.60. The summed E-state index contributed by atoms with van der Waals surface area (Å²) in [5, 5.41) is 0. The maximum absolute atomic E-state index is 14.0. The van der Waals surface area contributed by atoms with Crippen LogP contribution in [-0.2, 0) is 4.74 Å². The van der Waals surface area contributed by atoms with Gasteiger partial charge in [-0.2, -0.15) is 0 Å². The average molecular weight is 338 g/mol. The van der Waals surface area contributed by atoms with E-state index in [0.29, 0.717) is 12.3 Å². The van der Waals surface area contributed by atoms with Crippen molar-refractivity contribution in [2.45, 2.75) is 6.23 Å². The Kier molecular flexibility index (Phi) is 4.15. The van der Waals surface area contributed by atoms with Crippen LogP contribution in [0.2, 0.25) is 0 Å². The lowest BCUT2D eigenvalue weighted by atomic mass is 10.2. The molecule has 5 heteroatoms. The lowest BCUT2D eigenvalue weighted by Gasteiger charge is -2.24. The van der Waals surface area contributed by atoms with Crippen LogP contribution < -0.4 is 9.64 Å². The van der Waals surface area contributed by atoms with Gasteiger partial charge >= 0.3 is 0 Å². The van der Waals surface area contributed by atoms with E-state index in [1.807, 2.05) is 48.8 Å². The van der Waals surface area contributed by atoms with Gasteiger partial charge in [-0.3, -0.25) is 0 Å². The molecule has 0 radical (unpaired) electrons. The molecule has 128 valence electrons. The first-order valence-electron chi connectivity index (χ1n) is 8.21. The largest absolute Gasteiger partial charge is 0.497 e. The molecule has 1 saturated heterocycles. The first-order valence-corrected chi connectivity index (χ1v) is 8.21. The van der Waals surface area contributed by atoms with Crippen LogP contribution in [-0.4, -0.2) is 24.8 Å². The molecule has 1 aromatic heterocycles. The van der Waals surface area contributed by atoms with Gasteiger partial charge in [0.1, 0.15) is 11.6 Å². The Morgan fingerprint density at radius 3 is 2.64 bits per heavy atom. The molecule has 0 unspecified atom stereocenters. The summed E-state index contributed by atoms with van der Waals surface area (Å²) >= 11 is 0. The van der Waals surface area contributed by atoms with E-state index >= 15 is 0 Å². The Hall–Kier alpha value is -2.79. The summed E-state index contributed by atoms with van der Waals surface area (Å²) < 4.78 is 26.9. The third kappa shape index (κ3) is 2.98. The van der Waals surface area contributed by atoms with E-state index < -0.39 is 0 Å². The Balaban J connectivity index is 1.61. The number of aromatic nitrogens is 1. The molecule has 0 aliphatic carbocycles. The smallest absolute Gasteiger partial charge is 0.158 e. The van der Waals surface area contributed by atoms with Crippen molar-refractivity contribution >= 4 is 5.69 Å². The third-order valence-corrected chi connectivity index (χ3v) is 4.43. The topological polar surface area (TPSA) is 26.6 Å². The Bertz CT molecular complexity index is 860. The van der Waals surface area contributed by atoms with Crippen LogP contribution >= 0.6 is 0 Å². The second kappa shape index (κ2) is 6.61. The normalized spacial score (nSPS) is 17.0. The molecule has 4 nitrogen and oxygen atoms in total. The number of hydrogen-bond acceptors (Lipinski definition) is 3. The zero-order chi connectivity index (χ0) is 17.2. The first-order chi connectivity index (χ1) is 12.3. The lowest BCUT2D eigenvalue weighted by molar-refractivity contribution is 0.114. The Labute approximate surface area is 146 Å². The van der Waals surface area contributed by atoms with Crippen molar-refractivity contribution in [2.75, 3.05) is 25.2 Å². The summed E-state index contributed by atoms with van der Waals surface area (Å²) in [7, 11) is 1.65. The number of anilines is 1. The van der Waals surface area contributed by atoms with Gasteiger partial charge in [-0.05, 0) is 42.5 Å². The summed E-state index contributed by atoms with van der Waals surface area (Å²) in [6.45, 7) is 1.46. The molecule has 1 fully saturated rings. The fourth-order valence-electron chi connectivity index (χ4n) is 3.15. The van der Waals surface area contributed by atoms with Gasteiger partial charge in [0, 0.05) is 30.2 Å². The first kappa shape index (κ1) is 15.7. The van der Waals surface area contributed by atoms with E-state index in [2.05, 4.69) is 4.90 Å². The van der Waals surface area contributed by atoms with Crippen LogP contribution in [0, 0.1) is 5.82 Å². The minimum Gasteiger partial charge on any atom is -0.497 e. The number of para-hydroxylation sites is 1. The van der Waals surface area contributed by atoms with Gasteiger partial charge in [-0.1, -0.05) is 12.1 Å². The predicted molar refractivity (Wildman–Crippen MR) is 94.8 cm³/mol. The fraction of sp³-hybridized carbons (Fsp3) is 0.200. The van der Waals surface area contributed by atoms with Gasteiger partial charge in [0.15, 0.2) is 6.23 Å². The highest BCUT2D eigenvalue weighted by Crippen LogP contribution is 2.33. The van der Waals surface area contributed by atoms with Gasteiger partial charge in [0.2, 0.25) is 0 Å². The number of nitrogens with zero attached hydrogens (tertiary/aromatic N) is 2. The number of rotatable bonds is 4. The SMILES string of the molecule is COc1ccc(N2CCO[C@@H]2c2ccn(-c3ccccc3F)c2)cc1. The zero-order valence-electron chi connectivity index (χ0n) is 13.9. The second-order valence-electron chi connectivity index (χ2n) is 5.92. The van der Waals surface area contributed by atoms with Crippen molar-refractivity contribution in [3.05, 3.63) is 78.4 Å². The van der Waals surface area contributed by atoms with Crippen LogP contribution in [0.15, 0.2) is 67.0 Å². The van der Waals surface area contributed by atoms with Crippen LogP contribution in [0.1, 0.15) is 11.8 Å². The van der Waals surface area contributed by atoms with Gasteiger partial charge in [0.25, 0.3) is 0 Å². The molecule has 0 saturated carbocycles. The maximum Gasteiger partial charge on any atom is 0.158 e. The van der Waals surface area contributed by atoms with E-state index in [1.54, 1.807) is 23.8 Å². The zero-order valence-corrected chi connectivity index (χ0v) is 13.9. The molecule has 3 aromatic rings. The quantitative estimate of drug-likeness (QED) is 0.715. The third-order valence-electron chi connectivity index (χ3n) is 4.43. The van der Waals surface area contributed by atoms with Gasteiger partial charge in [-0.25, -0.2) is 4.39 Å². The predicted octanol–water partition coefficient (Wildman–Crippen LogP) is 4.16. The van der Waals surface area contributed by atoms with E-state index in [1.165, 1.54) is 6.07 Å². The Morgan fingerprint density at radius 2 is 1.88 bits per heavy atom. The molecule has 2 aromatic carbocycles. The van der Waals surface area contributed by atoms with Gasteiger partial charge in [-0.15, -0.1) is 0 Å². The van der Waals surface area contributed by atoms with E-state index in [9.17, 15) is 4.39 Å². The van der Waals surface area contributed by atoms with Crippen molar-refractivity contribution in [1.82, 2.24) is 4.57 Å². The highest BCUT2D eigenvalue weighted by molar-refractivity contribution is 5.51. The number of ether oxygens (including phenoxy) is 2. The van der Waals surface area contributed by atoms with Crippen molar-refractivity contribution in [2.24, 2.45) is 0 Å².